The Bertz CT molecular complexity index is 928. The minimum atomic E-state index is 0.103. The molecule has 2 aliphatic rings. The van der Waals surface area contributed by atoms with Crippen LogP contribution in [0.2, 0.25) is 10.0 Å². The molecule has 1 aromatic carbocycles. The smallest absolute Gasteiger partial charge is 0.255 e. The second kappa shape index (κ2) is 7.79. The molecule has 1 aliphatic heterocycles. The van der Waals surface area contributed by atoms with E-state index in [2.05, 4.69) is 30.7 Å². The number of carbonyl (C=O) groups is 1. The van der Waals surface area contributed by atoms with E-state index < -0.39 is 0 Å². The average Bonchev–Trinajstić information content (AvgIpc) is 2.89. The zero-order valence-corrected chi connectivity index (χ0v) is 19.4. The molecular weight excluding hydrogens is 423 g/mol. The number of pyridine rings is 1. The molecule has 2 atom stereocenters. The highest BCUT2D eigenvalue weighted by atomic mass is 35.5. The first-order chi connectivity index (χ1) is 13.7. The van der Waals surface area contributed by atoms with Gasteiger partial charge in [-0.1, -0.05) is 50.0 Å². The lowest BCUT2D eigenvalue weighted by molar-refractivity contribution is 0.0707. The van der Waals surface area contributed by atoms with Crippen LogP contribution in [-0.4, -0.2) is 28.4 Å². The van der Waals surface area contributed by atoms with Gasteiger partial charge in [-0.3, -0.25) is 9.78 Å². The van der Waals surface area contributed by atoms with Crippen LogP contribution in [0.1, 0.15) is 56.0 Å². The maximum atomic E-state index is 13.3. The van der Waals surface area contributed by atoms with Gasteiger partial charge < -0.3 is 4.90 Å². The van der Waals surface area contributed by atoms with Gasteiger partial charge in [-0.2, -0.15) is 0 Å². The molecule has 154 valence electrons. The first kappa shape index (κ1) is 21.0. The molecular formula is C23H26Cl2N2OS. The summed E-state index contributed by atoms with van der Waals surface area (Å²) in [5, 5.41) is 1.28. The predicted octanol–water partition coefficient (Wildman–Crippen LogP) is 6.72. The van der Waals surface area contributed by atoms with Gasteiger partial charge in [0.1, 0.15) is 0 Å². The van der Waals surface area contributed by atoms with Crippen molar-refractivity contribution in [1.82, 2.24) is 9.88 Å². The van der Waals surface area contributed by atoms with Crippen molar-refractivity contribution >= 4 is 40.9 Å². The van der Waals surface area contributed by atoms with Crippen molar-refractivity contribution in [2.24, 2.45) is 10.8 Å². The number of thioether (sulfide) groups is 1. The maximum absolute atomic E-state index is 13.3. The van der Waals surface area contributed by atoms with Crippen LogP contribution >= 0.6 is 35.0 Å². The lowest BCUT2D eigenvalue weighted by Gasteiger charge is -2.39. The summed E-state index contributed by atoms with van der Waals surface area (Å²) >= 11 is 14.1. The molecule has 3 nitrogen and oxygen atoms in total. The third-order valence-electron chi connectivity index (χ3n) is 6.02. The molecule has 0 N–H and O–H groups in total. The first-order valence-electron chi connectivity index (χ1n) is 9.98. The molecule has 1 saturated heterocycles. The SMILES string of the molecule is CC1(C)C[C@@H]2C[C@@](C)(CN2C(=O)c2cncc(CSc3c(Cl)cccc3Cl)c2)C1. The zero-order chi connectivity index (χ0) is 20.8. The molecule has 1 aliphatic carbocycles. The Balaban J connectivity index is 1.50. The normalized spacial score (nSPS) is 25.3. The number of fused-ring (bicyclic) bond motifs is 2. The van der Waals surface area contributed by atoms with Crippen molar-refractivity contribution in [3.63, 3.8) is 0 Å². The second-order valence-electron chi connectivity index (χ2n) is 9.57. The number of rotatable bonds is 4. The summed E-state index contributed by atoms with van der Waals surface area (Å²) in [7, 11) is 0. The average molecular weight is 449 g/mol. The lowest BCUT2D eigenvalue weighted by atomic mass is 9.65. The first-order valence-corrected chi connectivity index (χ1v) is 11.7. The fourth-order valence-electron chi connectivity index (χ4n) is 5.32. The number of likely N-dealkylation sites (tertiary alicyclic amines) is 1. The summed E-state index contributed by atoms with van der Waals surface area (Å²) in [6.45, 7) is 7.82. The maximum Gasteiger partial charge on any atom is 0.255 e. The molecule has 0 radical (unpaired) electrons. The molecule has 2 aromatic rings. The molecule has 1 amide bonds. The molecule has 0 spiro atoms. The number of aromatic nitrogens is 1. The van der Waals surface area contributed by atoms with E-state index in [0.29, 0.717) is 27.4 Å². The number of carbonyl (C=O) groups excluding carboxylic acids is 1. The number of hydrogen-bond donors (Lipinski definition) is 0. The standard InChI is InChI=1S/C23H26Cl2N2OS/c1-22(2)8-17-9-23(3,13-22)14-27(17)21(28)16-7-15(10-26-11-16)12-29-20-18(24)5-4-6-19(20)25/h4-7,10-11,17H,8-9,12-14H2,1-3H3/t17-,23-/m1/s1. The molecule has 29 heavy (non-hydrogen) atoms. The Hall–Kier alpha value is -1.23. The summed E-state index contributed by atoms with van der Waals surface area (Å²) in [5.41, 5.74) is 2.18. The van der Waals surface area contributed by atoms with Crippen LogP contribution in [0.25, 0.3) is 0 Å². The van der Waals surface area contributed by atoms with Crippen LogP contribution in [0.3, 0.4) is 0 Å². The molecule has 1 aromatic heterocycles. The van der Waals surface area contributed by atoms with Crippen LogP contribution in [-0.2, 0) is 5.75 Å². The molecule has 0 unspecified atom stereocenters. The quantitative estimate of drug-likeness (QED) is 0.486. The number of nitrogens with zero attached hydrogens (tertiary/aromatic N) is 2. The van der Waals surface area contributed by atoms with Crippen LogP contribution in [0.4, 0.5) is 0 Å². The fraction of sp³-hybridized carbons (Fsp3) is 0.478. The van der Waals surface area contributed by atoms with Gasteiger partial charge in [0.05, 0.1) is 15.6 Å². The molecule has 4 rings (SSSR count). The fourth-order valence-corrected chi connectivity index (χ4v) is 6.93. The summed E-state index contributed by atoms with van der Waals surface area (Å²) in [4.78, 5) is 20.6. The minimum absolute atomic E-state index is 0.103. The van der Waals surface area contributed by atoms with Crippen LogP contribution in [0.5, 0.6) is 0 Å². The summed E-state index contributed by atoms with van der Waals surface area (Å²) in [6.07, 6.45) is 6.85. The number of benzene rings is 1. The molecule has 1 saturated carbocycles. The second-order valence-corrected chi connectivity index (χ2v) is 11.4. The highest BCUT2D eigenvalue weighted by Crippen LogP contribution is 2.52. The van der Waals surface area contributed by atoms with Gasteiger partial charge >= 0.3 is 0 Å². The van der Waals surface area contributed by atoms with E-state index in [0.717, 1.165) is 29.8 Å². The van der Waals surface area contributed by atoms with Crippen molar-refractivity contribution in [3.05, 3.63) is 57.8 Å². The third kappa shape index (κ3) is 4.45. The van der Waals surface area contributed by atoms with E-state index in [-0.39, 0.29) is 16.7 Å². The highest BCUT2D eigenvalue weighted by Gasteiger charge is 2.51. The van der Waals surface area contributed by atoms with Gasteiger partial charge in [0.25, 0.3) is 5.91 Å². The Kier molecular flexibility index (Phi) is 5.65. The van der Waals surface area contributed by atoms with Crippen molar-refractivity contribution in [2.45, 2.75) is 56.7 Å². The van der Waals surface area contributed by atoms with Gasteiger partial charge in [-0.25, -0.2) is 0 Å². The van der Waals surface area contributed by atoms with Gasteiger partial charge in [0, 0.05) is 35.6 Å². The van der Waals surface area contributed by atoms with E-state index >= 15 is 0 Å². The number of amides is 1. The molecule has 2 heterocycles. The van der Waals surface area contributed by atoms with E-state index in [1.54, 1.807) is 24.2 Å². The Morgan fingerprint density at radius 3 is 2.66 bits per heavy atom. The summed E-state index contributed by atoms with van der Waals surface area (Å²) < 4.78 is 0. The molecule has 6 heteroatoms. The van der Waals surface area contributed by atoms with Gasteiger partial charge in [0.15, 0.2) is 0 Å². The Morgan fingerprint density at radius 2 is 1.93 bits per heavy atom. The van der Waals surface area contributed by atoms with Crippen molar-refractivity contribution in [1.29, 1.82) is 0 Å². The van der Waals surface area contributed by atoms with Crippen LogP contribution in [0.15, 0.2) is 41.6 Å². The predicted molar refractivity (Wildman–Crippen MR) is 121 cm³/mol. The van der Waals surface area contributed by atoms with Gasteiger partial charge in [-0.15, -0.1) is 11.8 Å². The largest absolute Gasteiger partial charge is 0.335 e. The number of halogens is 2. The van der Waals surface area contributed by atoms with E-state index in [1.807, 2.05) is 24.3 Å². The van der Waals surface area contributed by atoms with E-state index in [1.165, 1.54) is 6.42 Å². The topological polar surface area (TPSA) is 33.2 Å². The van der Waals surface area contributed by atoms with Crippen LogP contribution < -0.4 is 0 Å². The molecule has 2 fully saturated rings. The van der Waals surface area contributed by atoms with Crippen molar-refractivity contribution < 1.29 is 4.79 Å². The zero-order valence-electron chi connectivity index (χ0n) is 17.0. The van der Waals surface area contributed by atoms with Crippen LogP contribution in [0, 0.1) is 10.8 Å². The van der Waals surface area contributed by atoms with Crippen molar-refractivity contribution in [2.75, 3.05) is 6.54 Å². The van der Waals surface area contributed by atoms with E-state index in [4.69, 9.17) is 23.2 Å². The summed E-state index contributed by atoms with van der Waals surface area (Å²) in [5.74, 6) is 0.762. The van der Waals surface area contributed by atoms with Gasteiger partial charge in [0.2, 0.25) is 0 Å². The highest BCUT2D eigenvalue weighted by molar-refractivity contribution is 7.98. The van der Waals surface area contributed by atoms with Crippen molar-refractivity contribution in [3.8, 4) is 0 Å². The third-order valence-corrected chi connectivity index (χ3v) is 8.08. The molecule has 2 bridgehead atoms. The van der Waals surface area contributed by atoms with E-state index in [9.17, 15) is 4.79 Å². The summed E-state index contributed by atoms with van der Waals surface area (Å²) in [6, 6.07) is 7.80. The van der Waals surface area contributed by atoms with Gasteiger partial charge in [-0.05, 0) is 53.9 Å². The minimum Gasteiger partial charge on any atom is -0.335 e. The monoisotopic (exact) mass is 448 g/mol. The lowest BCUT2D eigenvalue weighted by Crippen LogP contribution is -2.37. The Morgan fingerprint density at radius 1 is 1.21 bits per heavy atom. The number of hydrogen-bond acceptors (Lipinski definition) is 3. The Labute approximate surface area is 187 Å².